The highest BCUT2D eigenvalue weighted by Crippen LogP contribution is 2.78. The van der Waals surface area contributed by atoms with Crippen molar-refractivity contribution in [2.75, 3.05) is 13.1 Å². The number of urea groups is 1. The van der Waals surface area contributed by atoms with Gasteiger partial charge in [0.25, 0.3) is 0 Å². The summed E-state index contributed by atoms with van der Waals surface area (Å²) in [7, 11) is 0. The molecule has 1 aromatic carbocycles. The van der Waals surface area contributed by atoms with Gasteiger partial charge < -0.3 is 20.4 Å². The molecule has 51 heavy (non-hydrogen) atoms. The summed E-state index contributed by atoms with van der Waals surface area (Å²) in [6, 6.07) is 3.25. The van der Waals surface area contributed by atoms with Crippen LogP contribution in [0.2, 0.25) is 0 Å². The molecule has 2 amide bonds. The number of ketones is 1. The monoisotopic (exact) mass is 704 g/mol. The molecule has 8 heteroatoms. The first-order chi connectivity index (χ1) is 23.9. The zero-order chi connectivity index (χ0) is 36.5. The lowest BCUT2D eigenvalue weighted by atomic mass is 9.32. The maximum absolute atomic E-state index is 14.7. The van der Waals surface area contributed by atoms with Crippen molar-refractivity contribution in [3.63, 3.8) is 0 Å². The van der Waals surface area contributed by atoms with E-state index >= 15 is 0 Å². The topological polar surface area (TPSA) is 89.9 Å². The highest BCUT2D eigenvalue weighted by molar-refractivity contribution is 6.10. The fourth-order valence-corrected chi connectivity index (χ4v) is 13.7. The molecule has 9 aliphatic rings. The Bertz CT molecular complexity index is 1700. The van der Waals surface area contributed by atoms with E-state index < -0.39 is 39.6 Å². The third kappa shape index (κ3) is 4.76. The van der Waals surface area contributed by atoms with E-state index in [-0.39, 0.29) is 52.6 Å². The van der Waals surface area contributed by atoms with Crippen molar-refractivity contribution in [2.24, 2.45) is 56.7 Å². The number of allylic oxidation sites excluding steroid dienone is 4. The fourth-order valence-electron chi connectivity index (χ4n) is 13.7. The van der Waals surface area contributed by atoms with E-state index in [1.165, 1.54) is 18.9 Å². The third-order valence-corrected chi connectivity index (χ3v) is 16.7. The van der Waals surface area contributed by atoms with Gasteiger partial charge in [0.1, 0.15) is 0 Å². The lowest BCUT2D eigenvalue weighted by Gasteiger charge is -2.71. The molecule has 6 saturated carbocycles. The number of Topliss-reactive ketones (excluding diaryl/α,β-unsaturated/α-hetero) is 1. The van der Waals surface area contributed by atoms with Crippen LogP contribution in [0.1, 0.15) is 116 Å². The minimum absolute atomic E-state index is 0.0357. The largest absolute Gasteiger partial charge is 0.393 e. The first kappa shape index (κ1) is 35.4. The second-order valence-corrected chi connectivity index (χ2v) is 19.5. The summed E-state index contributed by atoms with van der Waals surface area (Å²) in [5.74, 6) is -0.657. The molecule has 0 aliphatic heterocycles. The molecule has 0 radical (unpaired) electrons. The SMILES string of the molecule is CC(C)NC(=O)N(C[C@@H]1CC[C@H]2C[C@@H]1C2(C)C)C[C@]1(O)CC[C@H]2[C@]34C=C[C@@]5(C=C3C(=O)c3ccc(F)c(F)c3)CC(O)CC[C@]5(C)[C@H]4CC[C@@]21C. The van der Waals surface area contributed by atoms with E-state index in [2.05, 4.69) is 51.2 Å². The molecular weight excluding hydrogens is 646 g/mol. The van der Waals surface area contributed by atoms with Crippen LogP contribution in [0.3, 0.4) is 0 Å². The summed E-state index contributed by atoms with van der Waals surface area (Å²) >= 11 is 0. The summed E-state index contributed by atoms with van der Waals surface area (Å²) in [6.07, 6.45) is 14.4. The number of aliphatic hydroxyl groups is 2. The number of nitrogens with zero attached hydrogens (tertiary/aromatic N) is 1. The van der Waals surface area contributed by atoms with Crippen molar-refractivity contribution in [3.05, 3.63) is 59.2 Å². The Kier molecular flexibility index (Phi) is 7.97. The lowest BCUT2D eigenvalue weighted by Crippen LogP contribution is -2.67. The molecule has 2 spiro atoms. The third-order valence-electron chi connectivity index (χ3n) is 16.7. The molecule has 4 bridgehead atoms. The molecule has 10 rings (SSSR count). The molecule has 9 aliphatic carbocycles. The van der Waals surface area contributed by atoms with Crippen LogP contribution >= 0.6 is 0 Å². The van der Waals surface area contributed by atoms with Gasteiger partial charge >= 0.3 is 6.03 Å². The Morgan fingerprint density at radius 1 is 0.941 bits per heavy atom. The van der Waals surface area contributed by atoms with Gasteiger partial charge in [-0.1, -0.05) is 45.9 Å². The number of hydrogen-bond acceptors (Lipinski definition) is 4. The van der Waals surface area contributed by atoms with Gasteiger partial charge in [0.05, 0.1) is 18.2 Å². The van der Waals surface area contributed by atoms with E-state index in [0.29, 0.717) is 49.6 Å². The van der Waals surface area contributed by atoms with E-state index in [0.717, 1.165) is 43.7 Å². The molecule has 3 N–H and O–H groups in total. The highest BCUT2D eigenvalue weighted by atomic mass is 19.2. The fraction of sp³-hybridized carbons (Fsp3) is 0.721. The van der Waals surface area contributed by atoms with Crippen LogP contribution < -0.4 is 5.32 Å². The maximum Gasteiger partial charge on any atom is 0.317 e. The summed E-state index contributed by atoms with van der Waals surface area (Å²) in [4.78, 5) is 30.6. The molecule has 1 aromatic rings. The summed E-state index contributed by atoms with van der Waals surface area (Å²) in [5.41, 5.74) is -2.26. The van der Waals surface area contributed by atoms with Gasteiger partial charge in [-0.25, -0.2) is 13.6 Å². The standard InChI is InChI=1S/C43H58F2N2O4/c1-25(2)46-37(50)47(23-27-7-9-28-20-30(27)38(28,3)4)24-42(51)16-13-35-40(42,6)15-12-34-39(5)14-11-29(48)21-41(39)17-18-43(34,35)31(22-41)36(49)26-8-10-32(44)33(45)19-26/h8,10,17-19,22,25,27-30,34-35,48,51H,7,9,11-16,20-21,23-24H2,1-6H3,(H,46,50)/t27-,28-,29?,30-,34+,35+,39+,40-,41-,42+,43+/m0/s1. The summed E-state index contributed by atoms with van der Waals surface area (Å²) in [5, 5.41) is 27.2. The van der Waals surface area contributed by atoms with Crippen LogP contribution in [0.15, 0.2) is 42.0 Å². The molecule has 278 valence electrons. The minimum atomic E-state index is -1.18. The van der Waals surface area contributed by atoms with Crippen LogP contribution in [0.5, 0.6) is 0 Å². The molecule has 11 atom stereocenters. The summed E-state index contributed by atoms with van der Waals surface area (Å²) in [6.45, 7) is 14.1. The zero-order valence-corrected chi connectivity index (χ0v) is 31.4. The Balaban J connectivity index is 1.18. The van der Waals surface area contributed by atoms with Crippen molar-refractivity contribution in [1.29, 1.82) is 0 Å². The lowest BCUT2D eigenvalue weighted by molar-refractivity contribution is -0.176. The van der Waals surface area contributed by atoms with Gasteiger partial charge in [-0.3, -0.25) is 4.79 Å². The number of benzene rings is 1. The van der Waals surface area contributed by atoms with Gasteiger partial charge in [0, 0.05) is 40.0 Å². The Hall–Kier alpha value is -2.58. The van der Waals surface area contributed by atoms with E-state index in [1.54, 1.807) is 0 Å². The molecule has 6 fully saturated rings. The van der Waals surface area contributed by atoms with Crippen molar-refractivity contribution >= 4 is 11.8 Å². The molecule has 0 saturated heterocycles. The van der Waals surface area contributed by atoms with Crippen molar-refractivity contribution in [2.45, 2.75) is 123 Å². The predicted molar refractivity (Wildman–Crippen MR) is 193 cm³/mol. The van der Waals surface area contributed by atoms with Crippen molar-refractivity contribution in [1.82, 2.24) is 10.2 Å². The number of carbonyl (C=O) groups is 2. The van der Waals surface area contributed by atoms with Crippen molar-refractivity contribution < 1.29 is 28.6 Å². The number of amides is 2. The van der Waals surface area contributed by atoms with E-state index in [4.69, 9.17) is 0 Å². The smallest absolute Gasteiger partial charge is 0.317 e. The second kappa shape index (κ2) is 11.5. The molecule has 1 unspecified atom stereocenters. The normalized spacial score (nSPS) is 44.2. The zero-order valence-electron chi connectivity index (χ0n) is 31.4. The van der Waals surface area contributed by atoms with Crippen LogP contribution in [0.4, 0.5) is 13.6 Å². The number of aliphatic hydroxyl groups excluding tert-OH is 1. The van der Waals surface area contributed by atoms with E-state index in [9.17, 15) is 28.6 Å². The van der Waals surface area contributed by atoms with Gasteiger partial charge in [0.15, 0.2) is 17.4 Å². The highest BCUT2D eigenvalue weighted by Gasteiger charge is 2.74. The maximum atomic E-state index is 14.7. The number of nitrogens with one attached hydrogen (secondary N) is 1. The number of halogens is 2. The van der Waals surface area contributed by atoms with Crippen molar-refractivity contribution in [3.8, 4) is 0 Å². The molecule has 0 aromatic heterocycles. The first-order valence-electron chi connectivity index (χ1n) is 19.8. The summed E-state index contributed by atoms with van der Waals surface area (Å²) < 4.78 is 28.7. The molecule has 6 nitrogen and oxygen atoms in total. The first-order valence-corrected chi connectivity index (χ1v) is 19.8. The molecular formula is C43H58F2N2O4. The molecule has 0 heterocycles. The van der Waals surface area contributed by atoms with Gasteiger partial charge in [0.2, 0.25) is 0 Å². The second-order valence-electron chi connectivity index (χ2n) is 19.5. The van der Waals surface area contributed by atoms with Gasteiger partial charge in [-0.05, 0) is 137 Å². The Morgan fingerprint density at radius 2 is 1.65 bits per heavy atom. The predicted octanol–water partition coefficient (Wildman–Crippen LogP) is 8.23. The average molecular weight is 705 g/mol. The van der Waals surface area contributed by atoms with E-state index in [1.807, 2.05) is 18.7 Å². The number of hydrogen-bond donors (Lipinski definition) is 3. The number of rotatable bonds is 7. The van der Waals surface area contributed by atoms with Crippen LogP contribution in [0.25, 0.3) is 0 Å². The minimum Gasteiger partial charge on any atom is -0.393 e. The number of fused-ring (bicyclic) bond motifs is 3. The van der Waals surface area contributed by atoms with Crippen LogP contribution in [-0.2, 0) is 0 Å². The quantitative estimate of drug-likeness (QED) is 0.197. The Morgan fingerprint density at radius 3 is 2.33 bits per heavy atom. The van der Waals surface area contributed by atoms with Gasteiger partial charge in [-0.2, -0.15) is 0 Å². The van der Waals surface area contributed by atoms with Crippen LogP contribution in [-0.4, -0.2) is 57.8 Å². The van der Waals surface area contributed by atoms with Crippen LogP contribution in [0, 0.1) is 68.3 Å². The average Bonchev–Trinajstić information content (AvgIpc) is 3.34. The Labute approximate surface area is 302 Å². The number of carbonyl (C=O) groups excluding carboxylic acids is 2. The van der Waals surface area contributed by atoms with Gasteiger partial charge in [-0.15, -0.1) is 0 Å².